The van der Waals surface area contributed by atoms with Gasteiger partial charge < -0.3 is 14.8 Å². The van der Waals surface area contributed by atoms with Crippen LogP contribution in [0, 0.1) is 6.92 Å². The zero-order chi connectivity index (χ0) is 17.5. The van der Waals surface area contributed by atoms with E-state index in [4.69, 9.17) is 21.1 Å². The van der Waals surface area contributed by atoms with Crippen LogP contribution >= 0.6 is 11.6 Å². The number of ether oxygens (including phenoxy) is 2. The molecule has 5 nitrogen and oxygen atoms in total. The lowest BCUT2D eigenvalue weighted by Crippen LogP contribution is -2.22. The number of rotatable bonds is 6. The second-order valence-corrected chi connectivity index (χ2v) is 5.42. The van der Waals surface area contributed by atoms with E-state index in [9.17, 15) is 9.59 Å². The van der Waals surface area contributed by atoms with Gasteiger partial charge in [0.1, 0.15) is 5.75 Å². The fourth-order valence-electron chi connectivity index (χ4n) is 2.02. The quantitative estimate of drug-likeness (QED) is 0.806. The van der Waals surface area contributed by atoms with Crippen LogP contribution in [0.4, 0.5) is 5.69 Å². The summed E-state index contributed by atoms with van der Waals surface area (Å²) in [5, 5.41) is 3.29. The fourth-order valence-corrected chi connectivity index (χ4v) is 2.14. The summed E-state index contributed by atoms with van der Waals surface area (Å²) in [5.41, 5.74) is 1.55. The van der Waals surface area contributed by atoms with E-state index in [1.165, 1.54) is 0 Å². The average molecular weight is 348 g/mol. The largest absolute Gasteiger partial charge is 0.484 e. The molecule has 0 aliphatic heterocycles. The summed E-state index contributed by atoms with van der Waals surface area (Å²) >= 11 is 5.94. The lowest BCUT2D eigenvalue weighted by atomic mass is 10.2. The molecule has 0 aliphatic carbocycles. The molecule has 0 saturated heterocycles. The van der Waals surface area contributed by atoms with Crippen molar-refractivity contribution in [2.75, 3.05) is 18.5 Å². The number of carbonyl (C=O) groups is 2. The van der Waals surface area contributed by atoms with Crippen molar-refractivity contribution in [3.8, 4) is 5.75 Å². The van der Waals surface area contributed by atoms with E-state index in [0.29, 0.717) is 22.0 Å². The van der Waals surface area contributed by atoms with Gasteiger partial charge in [-0.1, -0.05) is 23.7 Å². The number of nitrogens with one attached hydrogen (secondary N) is 1. The molecule has 126 valence electrons. The molecule has 2 aromatic rings. The highest BCUT2D eigenvalue weighted by Crippen LogP contribution is 2.21. The third-order valence-corrected chi connectivity index (χ3v) is 3.62. The number of halogens is 1. The summed E-state index contributed by atoms with van der Waals surface area (Å²) in [4.78, 5) is 23.9. The van der Waals surface area contributed by atoms with E-state index in [1.54, 1.807) is 49.4 Å². The molecule has 0 atom stereocenters. The topological polar surface area (TPSA) is 64.6 Å². The van der Waals surface area contributed by atoms with Crippen LogP contribution in [0.2, 0.25) is 5.02 Å². The lowest BCUT2D eigenvalue weighted by Gasteiger charge is -2.11. The lowest BCUT2D eigenvalue weighted by molar-refractivity contribution is -0.118. The minimum Gasteiger partial charge on any atom is -0.484 e. The summed E-state index contributed by atoms with van der Waals surface area (Å²) in [5.74, 6) is -0.312. The zero-order valence-electron chi connectivity index (χ0n) is 13.5. The Labute approximate surface area is 145 Å². The standard InChI is InChI=1S/C18H18ClNO4/c1-3-23-18(22)14-6-4-5-7-16(14)20-17(21)11-24-13-8-9-15(19)12(2)10-13/h4-10H,3,11H2,1-2H3,(H,20,21). The van der Waals surface area contributed by atoms with Gasteiger partial charge in [0.05, 0.1) is 17.9 Å². The average Bonchev–Trinajstić information content (AvgIpc) is 2.56. The predicted molar refractivity (Wildman–Crippen MR) is 92.7 cm³/mol. The Kier molecular flexibility index (Phi) is 6.21. The Morgan fingerprint density at radius 3 is 2.62 bits per heavy atom. The molecular formula is C18H18ClNO4. The minimum absolute atomic E-state index is 0.182. The Hall–Kier alpha value is -2.53. The van der Waals surface area contributed by atoms with Crippen molar-refractivity contribution in [1.29, 1.82) is 0 Å². The van der Waals surface area contributed by atoms with Crippen LogP contribution in [0.3, 0.4) is 0 Å². The van der Waals surface area contributed by atoms with Gasteiger partial charge >= 0.3 is 5.97 Å². The number of hydrogen-bond acceptors (Lipinski definition) is 4. The molecule has 0 spiro atoms. The molecule has 0 aromatic heterocycles. The van der Waals surface area contributed by atoms with Crippen LogP contribution in [0.1, 0.15) is 22.8 Å². The zero-order valence-corrected chi connectivity index (χ0v) is 14.2. The van der Waals surface area contributed by atoms with E-state index >= 15 is 0 Å². The monoisotopic (exact) mass is 347 g/mol. The summed E-state index contributed by atoms with van der Waals surface area (Å²) in [7, 11) is 0. The molecular weight excluding hydrogens is 330 g/mol. The molecule has 0 aliphatic rings. The second-order valence-electron chi connectivity index (χ2n) is 5.01. The van der Waals surface area contributed by atoms with E-state index in [-0.39, 0.29) is 19.1 Å². The number of para-hydroxylation sites is 1. The third-order valence-electron chi connectivity index (χ3n) is 3.20. The smallest absolute Gasteiger partial charge is 0.340 e. The third kappa shape index (κ3) is 4.73. The Morgan fingerprint density at radius 1 is 1.17 bits per heavy atom. The minimum atomic E-state index is -0.484. The molecule has 0 heterocycles. The number of amides is 1. The van der Waals surface area contributed by atoms with Crippen LogP contribution in [0.25, 0.3) is 0 Å². The van der Waals surface area contributed by atoms with Crippen LogP contribution in [-0.4, -0.2) is 25.1 Å². The summed E-state index contributed by atoms with van der Waals surface area (Å²) < 4.78 is 10.4. The Balaban J connectivity index is 1.99. The summed E-state index contributed by atoms with van der Waals surface area (Å²) in [6, 6.07) is 11.8. The van der Waals surface area contributed by atoms with Gasteiger partial charge in [-0.3, -0.25) is 4.79 Å². The SMILES string of the molecule is CCOC(=O)c1ccccc1NC(=O)COc1ccc(Cl)c(C)c1. The molecule has 2 aromatic carbocycles. The number of hydrogen-bond donors (Lipinski definition) is 1. The van der Waals surface area contributed by atoms with Gasteiger partial charge in [0.2, 0.25) is 0 Å². The van der Waals surface area contributed by atoms with Crippen molar-refractivity contribution in [3.05, 3.63) is 58.6 Å². The van der Waals surface area contributed by atoms with Crippen molar-refractivity contribution < 1.29 is 19.1 Å². The van der Waals surface area contributed by atoms with Gasteiger partial charge in [-0.05, 0) is 49.7 Å². The van der Waals surface area contributed by atoms with Crippen molar-refractivity contribution >= 4 is 29.2 Å². The highest BCUT2D eigenvalue weighted by Gasteiger charge is 2.14. The molecule has 6 heteroatoms. The maximum absolute atomic E-state index is 12.1. The van der Waals surface area contributed by atoms with Crippen LogP contribution < -0.4 is 10.1 Å². The van der Waals surface area contributed by atoms with Gasteiger partial charge in [-0.2, -0.15) is 0 Å². The van der Waals surface area contributed by atoms with E-state index < -0.39 is 5.97 Å². The molecule has 1 N–H and O–H groups in total. The molecule has 2 rings (SSSR count). The van der Waals surface area contributed by atoms with Crippen LogP contribution in [0.5, 0.6) is 5.75 Å². The van der Waals surface area contributed by atoms with Crippen molar-refractivity contribution in [1.82, 2.24) is 0 Å². The predicted octanol–water partition coefficient (Wildman–Crippen LogP) is 3.84. The second kappa shape index (κ2) is 8.36. The number of anilines is 1. The van der Waals surface area contributed by atoms with Gasteiger partial charge in [0.15, 0.2) is 6.61 Å². The van der Waals surface area contributed by atoms with Crippen LogP contribution in [0.15, 0.2) is 42.5 Å². The van der Waals surface area contributed by atoms with Gasteiger partial charge in [0, 0.05) is 5.02 Å². The first-order valence-electron chi connectivity index (χ1n) is 7.46. The maximum atomic E-state index is 12.1. The van der Waals surface area contributed by atoms with Crippen molar-refractivity contribution in [3.63, 3.8) is 0 Å². The van der Waals surface area contributed by atoms with Crippen molar-refractivity contribution in [2.45, 2.75) is 13.8 Å². The highest BCUT2D eigenvalue weighted by molar-refractivity contribution is 6.31. The molecule has 0 fully saturated rings. The molecule has 0 saturated carbocycles. The number of benzene rings is 2. The van der Waals surface area contributed by atoms with Gasteiger partial charge in [0.25, 0.3) is 5.91 Å². The first-order chi connectivity index (χ1) is 11.5. The molecule has 0 unspecified atom stereocenters. The fraction of sp³-hybridized carbons (Fsp3) is 0.222. The molecule has 0 bridgehead atoms. The van der Waals surface area contributed by atoms with E-state index in [0.717, 1.165) is 5.56 Å². The van der Waals surface area contributed by atoms with Crippen LogP contribution in [-0.2, 0) is 9.53 Å². The molecule has 0 radical (unpaired) electrons. The number of carbonyl (C=O) groups excluding carboxylic acids is 2. The summed E-state index contributed by atoms with van der Waals surface area (Å²) in [6.45, 7) is 3.66. The Morgan fingerprint density at radius 2 is 1.92 bits per heavy atom. The molecule has 24 heavy (non-hydrogen) atoms. The highest BCUT2D eigenvalue weighted by atomic mass is 35.5. The molecule has 1 amide bonds. The van der Waals surface area contributed by atoms with E-state index in [1.807, 2.05) is 6.92 Å². The first kappa shape index (κ1) is 17.8. The number of esters is 1. The van der Waals surface area contributed by atoms with E-state index in [2.05, 4.69) is 5.32 Å². The maximum Gasteiger partial charge on any atom is 0.340 e. The van der Waals surface area contributed by atoms with Gasteiger partial charge in [-0.15, -0.1) is 0 Å². The van der Waals surface area contributed by atoms with Crippen molar-refractivity contribution in [2.24, 2.45) is 0 Å². The summed E-state index contributed by atoms with van der Waals surface area (Å²) in [6.07, 6.45) is 0. The Bertz CT molecular complexity index is 746. The first-order valence-corrected chi connectivity index (χ1v) is 7.84. The number of aryl methyl sites for hydroxylation is 1. The van der Waals surface area contributed by atoms with Gasteiger partial charge in [-0.25, -0.2) is 4.79 Å². The normalized spacial score (nSPS) is 10.1.